The quantitative estimate of drug-likeness (QED) is 0.845. The molecule has 1 amide bonds. The summed E-state index contributed by atoms with van der Waals surface area (Å²) in [7, 11) is 1.63. The molecule has 0 saturated heterocycles. The maximum Gasteiger partial charge on any atom is 0.407 e. The van der Waals surface area contributed by atoms with Gasteiger partial charge in [-0.2, -0.15) is 0 Å². The summed E-state index contributed by atoms with van der Waals surface area (Å²) < 4.78 is 0. The van der Waals surface area contributed by atoms with E-state index in [1.165, 1.54) is 23.3 Å². The molecule has 1 aromatic rings. The van der Waals surface area contributed by atoms with E-state index in [1.807, 2.05) is 6.07 Å². The number of amides is 1. The van der Waals surface area contributed by atoms with Crippen molar-refractivity contribution in [3.63, 3.8) is 0 Å². The van der Waals surface area contributed by atoms with Crippen molar-refractivity contribution in [1.82, 2.24) is 4.90 Å². The summed E-state index contributed by atoms with van der Waals surface area (Å²) in [4.78, 5) is 12.1. The number of hydrogen-bond donors (Lipinski definition) is 1. The predicted octanol–water partition coefficient (Wildman–Crippen LogP) is 2.72. The molecule has 0 unspecified atom stereocenters. The van der Waals surface area contributed by atoms with Gasteiger partial charge >= 0.3 is 6.09 Å². The van der Waals surface area contributed by atoms with Gasteiger partial charge in [0.25, 0.3) is 0 Å². The normalized spacial score (nSPS) is 16.8. The van der Waals surface area contributed by atoms with Gasteiger partial charge in [-0.3, -0.25) is 0 Å². The van der Waals surface area contributed by atoms with Crippen LogP contribution in [-0.2, 0) is 5.41 Å². The Morgan fingerprint density at radius 3 is 2.50 bits per heavy atom. The lowest BCUT2D eigenvalue weighted by Crippen LogP contribution is -2.28. The topological polar surface area (TPSA) is 40.5 Å². The SMILES string of the molecule is CN(CCC1(c2ccccc2)CC1)C(=O)O. The lowest BCUT2D eigenvalue weighted by molar-refractivity contribution is 0.154. The van der Waals surface area contributed by atoms with Crippen LogP contribution in [0.15, 0.2) is 30.3 Å². The third-order valence-corrected chi connectivity index (χ3v) is 3.49. The van der Waals surface area contributed by atoms with E-state index in [0.717, 1.165) is 6.42 Å². The zero-order valence-electron chi connectivity index (χ0n) is 9.52. The largest absolute Gasteiger partial charge is 0.465 e. The molecule has 2 rings (SSSR count). The van der Waals surface area contributed by atoms with Crippen LogP contribution in [-0.4, -0.2) is 29.7 Å². The number of carbonyl (C=O) groups is 1. The molecule has 0 radical (unpaired) electrons. The number of carboxylic acid groups (broad SMARTS) is 1. The minimum absolute atomic E-state index is 0.255. The molecule has 16 heavy (non-hydrogen) atoms. The van der Waals surface area contributed by atoms with Crippen LogP contribution in [0.4, 0.5) is 4.79 Å². The van der Waals surface area contributed by atoms with Gasteiger partial charge < -0.3 is 10.0 Å². The highest BCUT2D eigenvalue weighted by atomic mass is 16.4. The fraction of sp³-hybridized carbons (Fsp3) is 0.462. The molecule has 86 valence electrons. The average molecular weight is 219 g/mol. The maximum atomic E-state index is 10.7. The number of rotatable bonds is 4. The Morgan fingerprint density at radius 2 is 2.00 bits per heavy atom. The Morgan fingerprint density at radius 1 is 1.38 bits per heavy atom. The number of nitrogens with zero attached hydrogens (tertiary/aromatic N) is 1. The Balaban J connectivity index is 1.97. The summed E-state index contributed by atoms with van der Waals surface area (Å²) in [5.41, 5.74) is 1.61. The fourth-order valence-electron chi connectivity index (χ4n) is 2.10. The Bertz CT molecular complexity index is 371. The van der Waals surface area contributed by atoms with Gasteiger partial charge in [-0.1, -0.05) is 30.3 Å². The van der Waals surface area contributed by atoms with Crippen LogP contribution >= 0.6 is 0 Å². The van der Waals surface area contributed by atoms with Gasteiger partial charge in [0.05, 0.1) is 0 Å². The number of benzene rings is 1. The first-order valence-corrected chi connectivity index (χ1v) is 5.64. The molecule has 0 bridgehead atoms. The summed E-state index contributed by atoms with van der Waals surface area (Å²) in [6, 6.07) is 10.4. The van der Waals surface area contributed by atoms with Crippen LogP contribution in [0.3, 0.4) is 0 Å². The Hall–Kier alpha value is -1.51. The lowest BCUT2D eigenvalue weighted by atomic mass is 9.92. The van der Waals surface area contributed by atoms with Gasteiger partial charge in [0.1, 0.15) is 0 Å². The summed E-state index contributed by atoms with van der Waals surface area (Å²) in [6.07, 6.45) is 2.46. The second-order valence-corrected chi connectivity index (χ2v) is 4.60. The molecular weight excluding hydrogens is 202 g/mol. The summed E-state index contributed by atoms with van der Waals surface area (Å²) in [6.45, 7) is 0.615. The molecule has 3 heteroatoms. The Kier molecular flexibility index (Phi) is 2.86. The van der Waals surface area contributed by atoms with E-state index >= 15 is 0 Å². The van der Waals surface area contributed by atoms with Gasteiger partial charge in [-0.15, -0.1) is 0 Å². The van der Waals surface area contributed by atoms with E-state index < -0.39 is 6.09 Å². The molecule has 1 aliphatic carbocycles. The zero-order chi connectivity index (χ0) is 11.6. The first-order valence-electron chi connectivity index (χ1n) is 5.64. The molecule has 1 aliphatic rings. The first-order chi connectivity index (χ1) is 7.64. The second kappa shape index (κ2) is 4.16. The highest BCUT2D eigenvalue weighted by Crippen LogP contribution is 2.50. The molecule has 0 aromatic heterocycles. The molecule has 1 aromatic carbocycles. The van der Waals surface area contributed by atoms with Crippen molar-refractivity contribution in [3.8, 4) is 0 Å². The first kappa shape index (κ1) is 11.0. The van der Waals surface area contributed by atoms with Crippen LogP contribution < -0.4 is 0 Å². The van der Waals surface area contributed by atoms with Crippen LogP contribution in [0.5, 0.6) is 0 Å². The van der Waals surface area contributed by atoms with E-state index in [-0.39, 0.29) is 5.41 Å². The molecule has 0 aliphatic heterocycles. The molecule has 0 heterocycles. The molecule has 1 saturated carbocycles. The molecule has 0 atom stereocenters. The van der Waals surface area contributed by atoms with Crippen LogP contribution in [0.2, 0.25) is 0 Å². The van der Waals surface area contributed by atoms with E-state index in [0.29, 0.717) is 6.54 Å². The van der Waals surface area contributed by atoms with Gasteiger partial charge in [0, 0.05) is 13.6 Å². The van der Waals surface area contributed by atoms with Crippen molar-refractivity contribution in [3.05, 3.63) is 35.9 Å². The number of hydrogen-bond acceptors (Lipinski definition) is 1. The van der Waals surface area contributed by atoms with Crippen molar-refractivity contribution in [2.24, 2.45) is 0 Å². The van der Waals surface area contributed by atoms with E-state index in [2.05, 4.69) is 24.3 Å². The minimum Gasteiger partial charge on any atom is -0.465 e. The van der Waals surface area contributed by atoms with Crippen molar-refractivity contribution in [2.75, 3.05) is 13.6 Å². The highest BCUT2D eigenvalue weighted by Gasteiger charge is 2.43. The molecule has 1 N–H and O–H groups in total. The predicted molar refractivity (Wildman–Crippen MR) is 62.6 cm³/mol. The van der Waals surface area contributed by atoms with Gasteiger partial charge in [-0.05, 0) is 30.2 Å². The van der Waals surface area contributed by atoms with Crippen LogP contribution in [0.25, 0.3) is 0 Å². The molecule has 1 fully saturated rings. The summed E-state index contributed by atoms with van der Waals surface area (Å²) in [5, 5.41) is 8.80. The summed E-state index contributed by atoms with van der Waals surface area (Å²) in [5.74, 6) is 0. The van der Waals surface area contributed by atoms with Crippen LogP contribution in [0, 0.1) is 0 Å². The van der Waals surface area contributed by atoms with Crippen LogP contribution in [0.1, 0.15) is 24.8 Å². The van der Waals surface area contributed by atoms with Crippen molar-refractivity contribution in [2.45, 2.75) is 24.7 Å². The van der Waals surface area contributed by atoms with E-state index in [1.54, 1.807) is 7.05 Å². The lowest BCUT2D eigenvalue weighted by Gasteiger charge is -2.19. The maximum absolute atomic E-state index is 10.7. The van der Waals surface area contributed by atoms with E-state index in [9.17, 15) is 4.79 Å². The van der Waals surface area contributed by atoms with Crippen molar-refractivity contribution in [1.29, 1.82) is 0 Å². The molecule has 0 spiro atoms. The van der Waals surface area contributed by atoms with Crippen molar-refractivity contribution >= 4 is 6.09 Å². The highest BCUT2D eigenvalue weighted by molar-refractivity contribution is 5.64. The van der Waals surface area contributed by atoms with Crippen molar-refractivity contribution < 1.29 is 9.90 Å². The summed E-state index contributed by atoms with van der Waals surface area (Å²) >= 11 is 0. The Labute approximate surface area is 95.7 Å². The smallest absolute Gasteiger partial charge is 0.407 e. The van der Waals surface area contributed by atoms with Gasteiger partial charge in [0.2, 0.25) is 0 Å². The third kappa shape index (κ3) is 2.18. The van der Waals surface area contributed by atoms with Gasteiger partial charge in [-0.25, -0.2) is 4.79 Å². The second-order valence-electron chi connectivity index (χ2n) is 4.60. The standard InChI is InChI=1S/C13H17NO2/c1-14(12(15)16)10-9-13(7-8-13)11-5-3-2-4-6-11/h2-6H,7-10H2,1H3,(H,15,16). The average Bonchev–Trinajstić information content (AvgIpc) is 3.08. The zero-order valence-corrected chi connectivity index (χ0v) is 9.52. The van der Waals surface area contributed by atoms with Gasteiger partial charge in [0.15, 0.2) is 0 Å². The monoisotopic (exact) mass is 219 g/mol. The third-order valence-electron chi connectivity index (χ3n) is 3.49. The minimum atomic E-state index is -0.844. The molecular formula is C13H17NO2. The fourth-order valence-corrected chi connectivity index (χ4v) is 2.10. The van der Waals surface area contributed by atoms with E-state index in [4.69, 9.17) is 5.11 Å². The molecule has 3 nitrogen and oxygen atoms in total.